The molecule has 0 amide bonds. The fourth-order valence-corrected chi connectivity index (χ4v) is 8.31. The summed E-state index contributed by atoms with van der Waals surface area (Å²) in [4.78, 5) is 38.0. The molecule has 2 atom stereocenters. The number of rotatable bonds is 49. The van der Waals surface area contributed by atoms with E-state index >= 15 is 0 Å². The van der Waals surface area contributed by atoms with Gasteiger partial charge in [0.05, 0.1) is 0 Å². The predicted octanol–water partition coefficient (Wildman–Crippen LogP) is 17.7. The molecule has 0 fully saturated rings. The van der Waals surface area contributed by atoms with E-state index in [0.717, 1.165) is 69.6 Å². The number of carbonyl (C=O) groups is 3. The summed E-state index contributed by atoms with van der Waals surface area (Å²) in [7, 11) is 0. The lowest BCUT2D eigenvalue weighted by atomic mass is 9.99. The molecule has 0 N–H and O–H groups in total. The van der Waals surface area contributed by atoms with Crippen molar-refractivity contribution in [2.45, 2.75) is 310 Å². The van der Waals surface area contributed by atoms with E-state index in [1.54, 1.807) is 0 Å². The van der Waals surface area contributed by atoms with Gasteiger partial charge in [0.2, 0.25) is 0 Å². The van der Waals surface area contributed by atoms with Gasteiger partial charge in [-0.2, -0.15) is 0 Å². The molecule has 0 aromatic heterocycles. The second-order valence-corrected chi connectivity index (χ2v) is 19.6. The fourth-order valence-electron chi connectivity index (χ4n) is 8.31. The van der Waals surface area contributed by atoms with Crippen molar-refractivity contribution in [2.75, 3.05) is 13.2 Å². The van der Waals surface area contributed by atoms with Gasteiger partial charge >= 0.3 is 17.9 Å². The van der Waals surface area contributed by atoms with E-state index in [2.05, 4.69) is 34.6 Å². The summed E-state index contributed by atoms with van der Waals surface area (Å²) in [5.41, 5.74) is 0. The maximum atomic E-state index is 12.8. The Hall–Kier alpha value is -1.59. The average Bonchev–Trinajstić information content (AvgIpc) is 3.24. The Bertz CT molecular complexity index is 933. The molecule has 0 rings (SSSR count). The highest BCUT2D eigenvalue weighted by atomic mass is 16.6. The Balaban J connectivity index is 4.29. The Kier molecular flexibility index (Phi) is 46.6. The van der Waals surface area contributed by atoms with E-state index in [-0.39, 0.29) is 31.1 Å². The highest BCUT2D eigenvalue weighted by molar-refractivity contribution is 5.71. The molecule has 0 aromatic rings. The van der Waals surface area contributed by atoms with E-state index < -0.39 is 6.10 Å². The summed E-state index contributed by atoms with van der Waals surface area (Å²) in [6.45, 7) is 11.4. The molecule has 1 unspecified atom stereocenters. The minimum absolute atomic E-state index is 0.0635. The summed E-state index contributed by atoms with van der Waals surface area (Å²) in [6, 6.07) is 0. The second-order valence-electron chi connectivity index (χ2n) is 19.6. The second kappa shape index (κ2) is 47.9. The molecule has 6 heteroatoms. The number of hydrogen-bond acceptors (Lipinski definition) is 6. The van der Waals surface area contributed by atoms with Crippen LogP contribution in [0, 0.1) is 11.8 Å². The van der Waals surface area contributed by atoms with E-state index in [1.807, 2.05) is 0 Å². The lowest BCUT2D eigenvalue weighted by molar-refractivity contribution is -0.167. The first kappa shape index (κ1) is 59.4. The van der Waals surface area contributed by atoms with Crippen molar-refractivity contribution in [2.24, 2.45) is 11.8 Å². The van der Waals surface area contributed by atoms with Gasteiger partial charge in [0.25, 0.3) is 0 Å². The first-order valence-corrected chi connectivity index (χ1v) is 27.3. The predicted molar refractivity (Wildman–Crippen MR) is 261 cm³/mol. The van der Waals surface area contributed by atoms with Gasteiger partial charge in [-0.15, -0.1) is 0 Å². The number of esters is 3. The van der Waals surface area contributed by atoms with E-state index in [4.69, 9.17) is 14.2 Å². The Morgan fingerprint density at radius 1 is 0.344 bits per heavy atom. The molecule has 0 aliphatic carbocycles. The molecule has 0 saturated carbocycles. The first-order chi connectivity index (χ1) is 29.8. The molecule has 6 nitrogen and oxygen atoms in total. The SMILES string of the molecule is CCCCCCCCCCCCCCCCC(=O)OC[C@H](COC(=O)CCCCCCCCCCC(C)C)OC(=O)CCCCCCCCCCCCCCCCC(C)CC. The molecule has 0 aliphatic heterocycles. The van der Waals surface area contributed by atoms with Crippen molar-refractivity contribution in [1.82, 2.24) is 0 Å². The molecule has 0 bridgehead atoms. The van der Waals surface area contributed by atoms with Crippen LogP contribution in [0.25, 0.3) is 0 Å². The molecular formula is C55H106O6. The number of hydrogen-bond donors (Lipinski definition) is 0. The van der Waals surface area contributed by atoms with Crippen molar-refractivity contribution in [3.63, 3.8) is 0 Å². The fraction of sp³-hybridized carbons (Fsp3) is 0.945. The smallest absolute Gasteiger partial charge is 0.306 e. The third kappa shape index (κ3) is 47.7. The summed E-state index contributed by atoms with van der Waals surface area (Å²) in [6.07, 6.45) is 49.4. The Morgan fingerprint density at radius 2 is 0.623 bits per heavy atom. The molecule has 0 radical (unpaired) electrons. The van der Waals surface area contributed by atoms with Crippen LogP contribution in [-0.4, -0.2) is 37.2 Å². The molecule has 0 aromatic carbocycles. The summed E-state index contributed by atoms with van der Waals surface area (Å²) < 4.78 is 16.8. The maximum absolute atomic E-state index is 12.8. The van der Waals surface area contributed by atoms with Crippen LogP contribution in [0.4, 0.5) is 0 Å². The summed E-state index contributed by atoms with van der Waals surface area (Å²) >= 11 is 0. The molecule has 0 spiro atoms. The van der Waals surface area contributed by atoms with Crippen molar-refractivity contribution in [1.29, 1.82) is 0 Å². The van der Waals surface area contributed by atoms with Gasteiger partial charge in [-0.05, 0) is 31.1 Å². The van der Waals surface area contributed by atoms with E-state index in [9.17, 15) is 14.4 Å². The molecule has 362 valence electrons. The zero-order valence-electron chi connectivity index (χ0n) is 41.8. The van der Waals surface area contributed by atoms with Crippen LogP contribution in [0.2, 0.25) is 0 Å². The van der Waals surface area contributed by atoms with Gasteiger partial charge in [0.15, 0.2) is 6.10 Å². The highest BCUT2D eigenvalue weighted by Crippen LogP contribution is 2.18. The first-order valence-electron chi connectivity index (χ1n) is 27.3. The van der Waals surface area contributed by atoms with Crippen LogP contribution >= 0.6 is 0 Å². The lowest BCUT2D eigenvalue weighted by Gasteiger charge is -2.18. The van der Waals surface area contributed by atoms with Crippen molar-refractivity contribution >= 4 is 17.9 Å². The van der Waals surface area contributed by atoms with Crippen LogP contribution < -0.4 is 0 Å². The molecule has 61 heavy (non-hydrogen) atoms. The normalized spacial score (nSPS) is 12.5. The van der Waals surface area contributed by atoms with Crippen LogP contribution in [0.5, 0.6) is 0 Å². The Labute approximate surface area is 380 Å². The molecular weight excluding hydrogens is 757 g/mol. The van der Waals surface area contributed by atoms with Gasteiger partial charge in [-0.1, -0.05) is 266 Å². The van der Waals surface area contributed by atoms with Gasteiger partial charge in [0, 0.05) is 19.3 Å². The largest absolute Gasteiger partial charge is 0.462 e. The Morgan fingerprint density at radius 3 is 0.934 bits per heavy atom. The van der Waals surface area contributed by atoms with Crippen molar-refractivity contribution in [3.8, 4) is 0 Å². The average molecular weight is 863 g/mol. The van der Waals surface area contributed by atoms with Gasteiger partial charge in [-0.25, -0.2) is 0 Å². The topological polar surface area (TPSA) is 78.9 Å². The van der Waals surface area contributed by atoms with Crippen LogP contribution in [0.15, 0.2) is 0 Å². The van der Waals surface area contributed by atoms with Gasteiger partial charge in [-0.3, -0.25) is 14.4 Å². The van der Waals surface area contributed by atoms with E-state index in [0.29, 0.717) is 19.3 Å². The van der Waals surface area contributed by atoms with Gasteiger partial charge in [0.1, 0.15) is 13.2 Å². The third-order valence-electron chi connectivity index (χ3n) is 12.8. The van der Waals surface area contributed by atoms with Crippen molar-refractivity contribution < 1.29 is 28.6 Å². The zero-order chi connectivity index (χ0) is 44.7. The quantitative estimate of drug-likeness (QED) is 0.0344. The highest BCUT2D eigenvalue weighted by Gasteiger charge is 2.19. The lowest BCUT2D eigenvalue weighted by Crippen LogP contribution is -2.30. The minimum atomic E-state index is -0.762. The number of carbonyl (C=O) groups excluding carboxylic acids is 3. The standard InChI is InChI=1S/C55H106O6/c1-6-8-9-10-11-12-13-14-18-21-24-30-35-40-45-53(56)59-48-52(49-60-54(57)46-41-36-31-27-26-28-33-38-43-50(3)4)61-55(58)47-42-37-32-25-22-19-16-15-17-20-23-29-34-39-44-51(5)7-2/h50-52H,6-49H2,1-5H3/t51?,52-/m1/s1. The minimum Gasteiger partial charge on any atom is -0.462 e. The van der Waals surface area contributed by atoms with Crippen LogP contribution in [0.3, 0.4) is 0 Å². The molecule has 0 saturated heterocycles. The van der Waals surface area contributed by atoms with Crippen LogP contribution in [-0.2, 0) is 28.6 Å². The summed E-state index contributed by atoms with van der Waals surface area (Å²) in [5.74, 6) is 0.845. The molecule has 0 aliphatic rings. The van der Waals surface area contributed by atoms with Gasteiger partial charge < -0.3 is 14.2 Å². The monoisotopic (exact) mass is 863 g/mol. The molecule has 0 heterocycles. The number of ether oxygens (including phenoxy) is 3. The summed E-state index contributed by atoms with van der Waals surface area (Å²) in [5, 5.41) is 0. The maximum Gasteiger partial charge on any atom is 0.306 e. The van der Waals surface area contributed by atoms with E-state index in [1.165, 1.54) is 193 Å². The third-order valence-corrected chi connectivity index (χ3v) is 12.8. The van der Waals surface area contributed by atoms with Crippen LogP contribution in [0.1, 0.15) is 304 Å². The van der Waals surface area contributed by atoms with Crippen molar-refractivity contribution in [3.05, 3.63) is 0 Å². The zero-order valence-corrected chi connectivity index (χ0v) is 41.8. The number of unbranched alkanes of at least 4 members (excludes halogenated alkanes) is 33.